The van der Waals surface area contributed by atoms with Gasteiger partial charge in [0.25, 0.3) is 0 Å². The highest BCUT2D eigenvalue weighted by Gasteiger charge is 2.09. The number of methoxy groups -OCH3 is 1. The Morgan fingerprint density at radius 3 is 2.81 bits per heavy atom. The van der Waals surface area contributed by atoms with E-state index in [1.165, 1.54) is 25.6 Å². The molecule has 0 fully saturated rings. The molecule has 2 aromatic carbocycles. The molecule has 0 bridgehead atoms. The third kappa shape index (κ3) is 2.55. The fourth-order valence-electron chi connectivity index (χ4n) is 2.07. The van der Waals surface area contributed by atoms with Crippen LogP contribution in [-0.4, -0.2) is 17.1 Å². The van der Waals surface area contributed by atoms with Crippen LogP contribution in [-0.2, 0) is 0 Å². The van der Waals surface area contributed by atoms with Crippen LogP contribution < -0.4 is 15.8 Å². The van der Waals surface area contributed by atoms with Gasteiger partial charge in [0.1, 0.15) is 23.7 Å². The summed E-state index contributed by atoms with van der Waals surface area (Å²) in [6.45, 7) is 0. The number of rotatable bonds is 3. The monoisotopic (exact) mass is 284 g/mol. The zero-order valence-corrected chi connectivity index (χ0v) is 11.3. The van der Waals surface area contributed by atoms with Crippen LogP contribution in [0, 0.1) is 5.82 Å². The smallest absolute Gasteiger partial charge is 0.145 e. The Morgan fingerprint density at radius 2 is 2.00 bits per heavy atom. The molecule has 3 aromatic rings. The zero-order chi connectivity index (χ0) is 14.8. The summed E-state index contributed by atoms with van der Waals surface area (Å²) in [7, 11) is 1.48. The largest absolute Gasteiger partial charge is 0.494 e. The van der Waals surface area contributed by atoms with E-state index in [0.29, 0.717) is 22.9 Å². The molecule has 106 valence electrons. The minimum absolute atomic E-state index is 0.363. The average molecular weight is 284 g/mol. The topological polar surface area (TPSA) is 73.1 Å². The molecule has 3 rings (SSSR count). The van der Waals surface area contributed by atoms with E-state index in [9.17, 15) is 4.39 Å². The second-order valence-corrected chi connectivity index (χ2v) is 4.47. The van der Waals surface area contributed by atoms with E-state index in [4.69, 9.17) is 10.5 Å². The number of nitrogens with one attached hydrogen (secondary N) is 1. The van der Waals surface area contributed by atoms with Crippen molar-refractivity contribution < 1.29 is 9.13 Å². The molecule has 0 saturated carbocycles. The van der Waals surface area contributed by atoms with Crippen LogP contribution in [0.3, 0.4) is 0 Å². The van der Waals surface area contributed by atoms with Gasteiger partial charge in [-0.25, -0.2) is 14.4 Å². The van der Waals surface area contributed by atoms with Gasteiger partial charge in [0, 0.05) is 17.1 Å². The number of halogens is 1. The lowest BCUT2D eigenvalue weighted by Crippen LogP contribution is -1.99. The second kappa shape index (κ2) is 5.24. The van der Waals surface area contributed by atoms with Crippen molar-refractivity contribution in [1.82, 2.24) is 9.97 Å². The second-order valence-electron chi connectivity index (χ2n) is 4.47. The van der Waals surface area contributed by atoms with Crippen LogP contribution in [0.25, 0.3) is 10.9 Å². The normalized spacial score (nSPS) is 10.6. The van der Waals surface area contributed by atoms with Crippen LogP contribution in [0.5, 0.6) is 5.75 Å². The fraction of sp³-hybridized carbons (Fsp3) is 0.0667. The Hall–Kier alpha value is -2.89. The first-order valence-electron chi connectivity index (χ1n) is 6.28. The molecule has 0 aliphatic heterocycles. The van der Waals surface area contributed by atoms with Crippen molar-refractivity contribution in [3.63, 3.8) is 0 Å². The molecule has 0 radical (unpaired) electrons. The average Bonchev–Trinajstić information content (AvgIpc) is 2.49. The first-order valence-corrected chi connectivity index (χ1v) is 6.28. The molecule has 0 spiro atoms. The lowest BCUT2D eigenvalue weighted by atomic mass is 10.2. The number of hydrogen-bond acceptors (Lipinski definition) is 5. The van der Waals surface area contributed by atoms with Gasteiger partial charge < -0.3 is 15.8 Å². The number of aromatic nitrogens is 2. The maximum Gasteiger partial charge on any atom is 0.145 e. The van der Waals surface area contributed by atoms with Gasteiger partial charge >= 0.3 is 0 Å². The SMILES string of the molecule is COc1cc(F)ccc1Nc1ncnc2cc(N)ccc12. The Labute approximate surface area is 120 Å². The minimum atomic E-state index is -0.363. The first-order chi connectivity index (χ1) is 10.2. The molecule has 5 nitrogen and oxygen atoms in total. The highest BCUT2D eigenvalue weighted by molar-refractivity contribution is 5.92. The zero-order valence-electron chi connectivity index (χ0n) is 11.3. The van der Waals surface area contributed by atoms with E-state index in [1.54, 1.807) is 18.2 Å². The Morgan fingerprint density at radius 1 is 1.14 bits per heavy atom. The summed E-state index contributed by atoms with van der Waals surface area (Å²) in [5.74, 6) is 0.639. The van der Waals surface area contributed by atoms with Gasteiger partial charge in [-0.15, -0.1) is 0 Å². The van der Waals surface area contributed by atoms with Gasteiger partial charge in [-0.1, -0.05) is 0 Å². The molecule has 0 amide bonds. The quantitative estimate of drug-likeness (QED) is 0.723. The number of benzene rings is 2. The molecule has 21 heavy (non-hydrogen) atoms. The summed E-state index contributed by atoms with van der Waals surface area (Å²) in [4.78, 5) is 8.40. The Kier molecular flexibility index (Phi) is 3.27. The molecular formula is C15H13FN4O. The van der Waals surface area contributed by atoms with E-state index in [0.717, 1.165) is 10.9 Å². The van der Waals surface area contributed by atoms with Crippen molar-refractivity contribution in [1.29, 1.82) is 0 Å². The molecular weight excluding hydrogens is 271 g/mol. The molecule has 3 N–H and O–H groups in total. The Bertz CT molecular complexity index is 807. The van der Waals surface area contributed by atoms with Crippen LogP contribution in [0.1, 0.15) is 0 Å². The van der Waals surface area contributed by atoms with Crippen molar-refractivity contribution in [3.05, 3.63) is 48.5 Å². The van der Waals surface area contributed by atoms with Gasteiger partial charge in [0.05, 0.1) is 18.3 Å². The van der Waals surface area contributed by atoms with Crippen molar-refractivity contribution in [3.8, 4) is 5.75 Å². The number of hydrogen-bond donors (Lipinski definition) is 2. The number of nitrogen functional groups attached to an aromatic ring is 1. The maximum atomic E-state index is 13.2. The van der Waals surface area contributed by atoms with Gasteiger partial charge in [-0.05, 0) is 30.3 Å². The van der Waals surface area contributed by atoms with Crippen LogP contribution in [0.15, 0.2) is 42.7 Å². The summed E-state index contributed by atoms with van der Waals surface area (Å²) >= 11 is 0. The molecule has 0 aliphatic rings. The van der Waals surface area contributed by atoms with Crippen molar-refractivity contribution >= 4 is 28.1 Å². The number of nitrogens with zero attached hydrogens (tertiary/aromatic N) is 2. The number of anilines is 3. The lowest BCUT2D eigenvalue weighted by molar-refractivity contribution is 0.413. The van der Waals surface area contributed by atoms with Crippen molar-refractivity contribution in [2.24, 2.45) is 0 Å². The van der Waals surface area contributed by atoms with E-state index in [1.807, 2.05) is 6.07 Å². The highest BCUT2D eigenvalue weighted by atomic mass is 19.1. The van der Waals surface area contributed by atoms with Gasteiger partial charge in [0.15, 0.2) is 0 Å². The van der Waals surface area contributed by atoms with Crippen LogP contribution >= 0.6 is 0 Å². The molecule has 0 unspecified atom stereocenters. The summed E-state index contributed by atoms with van der Waals surface area (Å²) in [5, 5.41) is 3.95. The molecule has 0 aliphatic carbocycles. The van der Waals surface area contributed by atoms with Crippen molar-refractivity contribution in [2.45, 2.75) is 0 Å². The molecule has 0 saturated heterocycles. The van der Waals surface area contributed by atoms with Crippen molar-refractivity contribution in [2.75, 3.05) is 18.2 Å². The predicted octanol–water partition coefficient (Wildman–Crippen LogP) is 3.10. The van der Waals surface area contributed by atoms with E-state index in [2.05, 4.69) is 15.3 Å². The van der Waals surface area contributed by atoms with E-state index in [-0.39, 0.29) is 5.82 Å². The van der Waals surface area contributed by atoms with Gasteiger partial charge in [-0.3, -0.25) is 0 Å². The summed E-state index contributed by atoms with van der Waals surface area (Å²) in [6.07, 6.45) is 1.44. The van der Waals surface area contributed by atoms with Gasteiger partial charge in [-0.2, -0.15) is 0 Å². The highest BCUT2D eigenvalue weighted by Crippen LogP contribution is 2.30. The summed E-state index contributed by atoms with van der Waals surface area (Å²) < 4.78 is 18.4. The van der Waals surface area contributed by atoms with E-state index >= 15 is 0 Å². The number of ether oxygens (including phenoxy) is 1. The minimum Gasteiger partial charge on any atom is -0.494 e. The van der Waals surface area contributed by atoms with Gasteiger partial charge in [0.2, 0.25) is 0 Å². The lowest BCUT2D eigenvalue weighted by Gasteiger charge is -2.12. The fourth-order valence-corrected chi connectivity index (χ4v) is 2.07. The number of nitrogens with two attached hydrogens (primary N) is 1. The third-order valence-corrected chi connectivity index (χ3v) is 3.08. The summed E-state index contributed by atoms with van der Waals surface area (Å²) in [6, 6.07) is 9.64. The Balaban J connectivity index is 2.06. The van der Waals surface area contributed by atoms with Crippen LogP contribution in [0.4, 0.5) is 21.6 Å². The number of fused-ring (bicyclic) bond motifs is 1. The van der Waals surface area contributed by atoms with Crippen LogP contribution in [0.2, 0.25) is 0 Å². The standard InChI is InChI=1S/C15H13FN4O/c1-21-14-6-9(16)2-5-12(14)20-15-11-4-3-10(17)7-13(11)18-8-19-15/h2-8H,17H2,1H3,(H,18,19,20). The summed E-state index contributed by atoms with van der Waals surface area (Å²) in [5.41, 5.74) is 7.73. The first kappa shape index (κ1) is 13.1. The molecule has 0 atom stereocenters. The maximum absolute atomic E-state index is 13.2. The van der Waals surface area contributed by atoms with E-state index < -0.39 is 0 Å². The predicted molar refractivity (Wildman–Crippen MR) is 80.2 cm³/mol. The molecule has 1 aromatic heterocycles. The molecule has 6 heteroatoms. The molecule has 1 heterocycles. The third-order valence-electron chi connectivity index (χ3n) is 3.08.